The highest BCUT2D eigenvalue weighted by molar-refractivity contribution is 7.17. The fraction of sp³-hybridized carbons (Fsp3) is 0.533. The molecule has 18 heavy (non-hydrogen) atoms. The van der Waals surface area contributed by atoms with E-state index in [1.54, 1.807) is 11.3 Å². The molecule has 0 aromatic carbocycles. The molecular formula is C15H20N2S. The van der Waals surface area contributed by atoms with Crippen molar-refractivity contribution in [3.05, 3.63) is 23.7 Å². The van der Waals surface area contributed by atoms with Crippen LogP contribution in [0.4, 0.5) is 5.82 Å². The molecule has 0 atom stereocenters. The second kappa shape index (κ2) is 5.70. The molecule has 0 spiro atoms. The zero-order valence-electron chi connectivity index (χ0n) is 10.7. The van der Waals surface area contributed by atoms with Crippen LogP contribution in [0.25, 0.3) is 10.1 Å². The second-order valence-corrected chi connectivity index (χ2v) is 6.16. The van der Waals surface area contributed by atoms with Crippen LogP contribution in [0.5, 0.6) is 0 Å². The van der Waals surface area contributed by atoms with Gasteiger partial charge in [-0.25, -0.2) is 4.98 Å². The summed E-state index contributed by atoms with van der Waals surface area (Å²) in [5, 5.41) is 6.90. The van der Waals surface area contributed by atoms with E-state index in [0.29, 0.717) is 0 Å². The maximum atomic E-state index is 4.44. The highest BCUT2D eigenvalue weighted by atomic mass is 32.1. The monoisotopic (exact) mass is 260 g/mol. The predicted octanol–water partition coefficient (Wildman–Crippen LogP) is 4.68. The molecule has 0 aliphatic heterocycles. The molecule has 1 saturated carbocycles. The normalized spacial score (nSPS) is 16.4. The molecule has 1 N–H and O–H groups in total. The minimum atomic E-state index is 0.997. The van der Waals surface area contributed by atoms with Gasteiger partial charge in [-0.2, -0.15) is 0 Å². The van der Waals surface area contributed by atoms with E-state index in [9.17, 15) is 0 Å². The van der Waals surface area contributed by atoms with Gasteiger partial charge in [0.2, 0.25) is 0 Å². The maximum absolute atomic E-state index is 4.44. The van der Waals surface area contributed by atoms with E-state index in [2.05, 4.69) is 27.8 Å². The molecule has 2 aromatic rings. The number of nitrogens with one attached hydrogen (secondary N) is 1. The van der Waals surface area contributed by atoms with E-state index in [1.165, 1.54) is 48.6 Å². The Hall–Kier alpha value is -1.09. The highest BCUT2D eigenvalue weighted by Gasteiger charge is 2.14. The Labute approximate surface area is 112 Å². The van der Waals surface area contributed by atoms with Gasteiger partial charge in [-0.05, 0) is 36.3 Å². The highest BCUT2D eigenvalue weighted by Crippen LogP contribution is 2.29. The molecule has 3 rings (SSSR count). The van der Waals surface area contributed by atoms with E-state index in [0.717, 1.165) is 18.3 Å². The smallest absolute Gasteiger partial charge is 0.134 e. The van der Waals surface area contributed by atoms with Crippen LogP contribution in [0, 0.1) is 5.92 Å². The summed E-state index contributed by atoms with van der Waals surface area (Å²) in [6.45, 7) is 1.05. The van der Waals surface area contributed by atoms with Gasteiger partial charge in [0.25, 0.3) is 0 Å². The van der Waals surface area contributed by atoms with Crippen molar-refractivity contribution in [1.82, 2.24) is 4.98 Å². The lowest BCUT2D eigenvalue weighted by Gasteiger charge is -2.10. The van der Waals surface area contributed by atoms with Crippen LogP contribution < -0.4 is 5.32 Å². The Morgan fingerprint density at radius 1 is 1.28 bits per heavy atom. The van der Waals surface area contributed by atoms with Crippen LogP contribution in [-0.4, -0.2) is 11.5 Å². The third kappa shape index (κ3) is 2.66. The van der Waals surface area contributed by atoms with Crippen LogP contribution in [0.15, 0.2) is 23.7 Å². The molecule has 2 aromatic heterocycles. The number of nitrogens with zero attached hydrogens (tertiary/aromatic N) is 1. The van der Waals surface area contributed by atoms with Crippen molar-refractivity contribution in [3.8, 4) is 0 Å². The summed E-state index contributed by atoms with van der Waals surface area (Å²) < 4.78 is 1.32. The number of thiophene rings is 1. The lowest BCUT2D eigenvalue weighted by atomic mass is 10.0. The van der Waals surface area contributed by atoms with E-state index in [1.807, 2.05) is 6.20 Å². The minimum absolute atomic E-state index is 0.997. The number of pyridine rings is 1. The molecule has 0 unspecified atom stereocenters. The van der Waals surface area contributed by atoms with Crippen molar-refractivity contribution in [2.75, 3.05) is 11.9 Å². The second-order valence-electron chi connectivity index (χ2n) is 5.21. The SMILES string of the molecule is c1cc2sccc2c(NCCCC2CCCC2)n1. The number of hydrogen-bond acceptors (Lipinski definition) is 3. The third-order valence-corrected chi connectivity index (χ3v) is 4.82. The summed E-state index contributed by atoms with van der Waals surface area (Å²) in [4.78, 5) is 4.44. The Morgan fingerprint density at radius 2 is 2.17 bits per heavy atom. The summed E-state index contributed by atoms with van der Waals surface area (Å²) in [6, 6.07) is 4.25. The van der Waals surface area contributed by atoms with Gasteiger partial charge in [0, 0.05) is 22.8 Å². The van der Waals surface area contributed by atoms with Gasteiger partial charge in [-0.15, -0.1) is 11.3 Å². The zero-order valence-corrected chi connectivity index (χ0v) is 11.5. The molecule has 0 bridgehead atoms. The molecule has 1 fully saturated rings. The first-order valence-electron chi connectivity index (χ1n) is 6.99. The molecule has 1 aliphatic carbocycles. The van der Waals surface area contributed by atoms with Gasteiger partial charge in [0.05, 0.1) is 0 Å². The van der Waals surface area contributed by atoms with Gasteiger partial charge < -0.3 is 5.32 Å². The number of aromatic nitrogens is 1. The lowest BCUT2D eigenvalue weighted by molar-refractivity contribution is 0.491. The molecule has 0 radical (unpaired) electrons. The summed E-state index contributed by atoms with van der Waals surface area (Å²) in [6.07, 6.45) is 10.4. The Kier molecular flexibility index (Phi) is 3.79. The van der Waals surface area contributed by atoms with Crippen molar-refractivity contribution >= 4 is 27.2 Å². The Morgan fingerprint density at radius 3 is 3.06 bits per heavy atom. The van der Waals surface area contributed by atoms with E-state index < -0.39 is 0 Å². The van der Waals surface area contributed by atoms with Crippen molar-refractivity contribution in [2.24, 2.45) is 5.92 Å². The van der Waals surface area contributed by atoms with Crippen LogP contribution >= 0.6 is 11.3 Å². The van der Waals surface area contributed by atoms with Gasteiger partial charge in [0.1, 0.15) is 5.82 Å². The van der Waals surface area contributed by atoms with Crippen LogP contribution in [0.3, 0.4) is 0 Å². The molecule has 3 heteroatoms. The number of rotatable bonds is 5. The van der Waals surface area contributed by atoms with Crippen molar-refractivity contribution in [1.29, 1.82) is 0 Å². The predicted molar refractivity (Wildman–Crippen MR) is 79.3 cm³/mol. The van der Waals surface area contributed by atoms with E-state index in [-0.39, 0.29) is 0 Å². The van der Waals surface area contributed by atoms with Crippen LogP contribution in [0.2, 0.25) is 0 Å². The van der Waals surface area contributed by atoms with Crippen LogP contribution in [0.1, 0.15) is 38.5 Å². The first-order chi connectivity index (χ1) is 8.93. The number of anilines is 1. The maximum Gasteiger partial charge on any atom is 0.134 e. The number of hydrogen-bond donors (Lipinski definition) is 1. The molecule has 0 saturated heterocycles. The van der Waals surface area contributed by atoms with Crippen molar-refractivity contribution < 1.29 is 0 Å². The topological polar surface area (TPSA) is 24.9 Å². The fourth-order valence-corrected chi connectivity index (χ4v) is 3.71. The van der Waals surface area contributed by atoms with E-state index in [4.69, 9.17) is 0 Å². The van der Waals surface area contributed by atoms with Crippen molar-refractivity contribution in [3.63, 3.8) is 0 Å². The first kappa shape index (κ1) is 12.0. The Bertz CT molecular complexity index is 500. The largest absolute Gasteiger partial charge is 0.370 e. The fourth-order valence-electron chi connectivity index (χ4n) is 2.93. The molecule has 96 valence electrons. The first-order valence-corrected chi connectivity index (χ1v) is 7.87. The van der Waals surface area contributed by atoms with Crippen LogP contribution in [-0.2, 0) is 0 Å². The molecule has 0 amide bonds. The van der Waals surface area contributed by atoms with Gasteiger partial charge >= 0.3 is 0 Å². The lowest BCUT2D eigenvalue weighted by Crippen LogP contribution is -2.05. The van der Waals surface area contributed by atoms with Gasteiger partial charge in [0.15, 0.2) is 0 Å². The molecule has 2 heterocycles. The average Bonchev–Trinajstić information content (AvgIpc) is 3.05. The minimum Gasteiger partial charge on any atom is -0.370 e. The quantitative estimate of drug-likeness (QED) is 0.790. The van der Waals surface area contributed by atoms with Crippen molar-refractivity contribution in [2.45, 2.75) is 38.5 Å². The molecule has 1 aliphatic rings. The number of fused-ring (bicyclic) bond motifs is 1. The van der Waals surface area contributed by atoms with E-state index >= 15 is 0 Å². The zero-order chi connectivity index (χ0) is 12.2. The standard InChI is InChI=1S/C15H20N2S/c1-2-5-12(4-1)6-3-9-16-15-13-8-11-18-14(13)7-10-17-15/h7-8,10-12H,1-6,9H2,(H,16,17). The summed E-state index contributed by atoms with van der Waals surface area (Å²) in [5.41, 5.74) is 0. The van der Waals surface area contributed by atoms with Gasteiger partial charge in [-0.3, -0.25) is 0 Å². The average molecular weight is 260 g/mol. The molecular weight excluding hydrogens is 240 g/mol. The third-order valence-electron chi connectivity index (χ3n) is 3.94. The molecule has 2 nitrogen and oxygen atoms in total. The van der Waals surface area contributed by atoms with Gasteiger partial charge in [-0.1, -0.05) is 25.7 Å². The summed E-state index contributed by atoms with van der Waals surface area (Å²) >= 11 is 1.78. The summed E-state index contributed by atoms with van der Waals surface area (Å²) in [7, 11) is 0. The Balaban J connectivity index is 1.51. The summed E-state index contributed by atoms with van der Waals surface area (Å²) in [5.74, 6) is 2.05.